The fraction of sp³-hybridized carbons (Fsp3) is 0.421. The van der Waals surface area contributed by atoms with E-state index in [9.17, 15) is 4.79 Å². The molecule has 0 atom stereocenters. The van der Waals surface area contributed by atoms with Crippen LogP contribution in [-0.4, -0.2) is 41.8 Å². The number of rotatable bonds is 6. The Morgan fingerprint density at radius 3 is 2.81 bits per heavy atom. The number of carbonyl (C=O) groups excluding carboxylic acids is 1. The molecule has 8 heteroatoms. The van der Waals surface area contributed by atoms with Crippen molar-refractivity contribution in [1.82, 2.24) is 9.97 Å². The predicted molar refractivity (Wildman–Crippen MR) is 110 cm³/mol. The van der Waals surface area contributed by atoms with Gasteiger partial charge in [-0.3, -0.25) is 4.79 Å². The summed E-state index contributed by atoms with van der Waals surface area (Å²) in [6.07, 6.45) is 3.93. The molecule has 0 saturated carbocycles. The maximum absolute atomic E-state index is 12.2. The van der Waals surface area contributed by atoms with Crippen molar-refractivity contribution in [3.8, 4) is 5.75 Å². The number of methoxy groups -OCH3 is 1. The third kappa shape index (κ3) is 5.49. The van der Waals surface area contributed by atoms with Crippen molar-refractivity contribution < 1.29 is 9.53 Å². The van der Waals surface area contributed by atoms with Gasteiger partial charge in [0.05, 0.1) is 17.9 Å². The number of halogens is 1. The molecule has 1 saturated heterocycles. The van der Waals surface area contributed by atoms with Crippen LogP contribution in [0.25, 0.3) is 0 Å². The molecule has 0 bridgehead atoms. The number of amides is 1. The summed E-state index contributed by atoms with van der Waals surface area (Å²) in [5.74, 6) is 2.42. The van der Waals surface area contributed by atoms with Crippen LogP contribution in [0.1, 0.15) is 19.8 Å². The highest BCUT2D eigenvalue weighted by Gasteiger charge is 2.17. The van der Waals surface area contributed by atoms with Crippen LogP contribution in [0.2, 0.25) is 5.02 Å². The lowest BCUT2D eigenvalue weighted by Crippen LogP contribution is -2.33. The fourth-order valence-corrected chi connectivity index (χ4v) is 3.82. The monoisotopic (exact) mass is 406 g/mol. The molecule has 1 aromatic carbocycles. The first-order valence-electron chi connectivity index (χ1n) is 8.88. The number of anilines is 2. The molecule has 0 spiro atoms. The van der Waals surface area contributed by atoms with E-state index in [1.807, 2.05) is 6.07 Å². The Labute approximate surface area is 168 Å². The molecule has 2 aromatic rings. The van der Waals surface area contributed by atoms with Crippen LogP contribution in [0.3, 0.4) is 0 Å². The van der Waals surface area contributed by atoms with E-state index in [0.29, 0.717) is 16.5 Å². The third-order valence-corrected chi connectivity index (χ3v) is 5.74. The molecule has 1 aliphatic heterocycles. The minimum absolute atomic E-state index is 0.117. The molecular formula is C19H23ClN4O2S. The summed E-state index contributed by atoms with van der Waals surface area (Å²) in [5, 5.41) is 4.08. The van der Waals surface area contributed by atoms with Gasteiger partial charge in [0, 0.05) is 24.8 Å². The molecule has 1 N–H and O–H groups in total. The molecule has 1 aromatic heterocycles. The zero-order valence-corrected chi connectivity index (χ0v) is 17.0. The molecular weight excluding hydrogens is 384 g/mol. The first kappa shape index (κ1) is 19.8. The molecule has 2 heterocycles. The Kier molecular flexibility index (Phi) is 6.79. The van der Waals surface area contributed by atoms with Crippen LogP contribution in [0.5, 0.6) is 5.75 Å². The Balaban J connectivity index is 1.54. The first-order chi connectivity index (χ1) is 13.0. The van der Waals surface area contributed by atoms with Crippen molar-refractivity contribution in [3.63, 3.8) is 0 Å². The van der Waals surface area contributed by atoms with E-state index in [4.69, 9.17) is 16.3 Å². The Morgan fingerprint density at radius 2 is 2.11 bits per heavy atom. The average molecular weight is 407 g/mol. The molecule has 6 nitrogen and oxygen atoms in total. The fourth-order valence-electron chi connectivity index (χ4n) is 2.90. The van der Waals surface area contributed by atoms with Crippen molar-refractivity contribution in [2.75, 3.05) is 36.2 Å². The number of hydrogen-bond donors (Lipinski definition) is 1. The van der Waals surface area contributed by atoms with Gasteiger partial charge < -0.3 is 15.0 Å². The average Bonchev–Trinajstić information content (AvgIpc) is 2.67. The topological polar surface area (TPSA) is 67.3 Å². The van der Waals surface area contributed by atoms with Gasteiger partial charge in [-0.05, 0) is 37.0 Å². The Morgan fingerprint density at radius 1 is 1.33 bits per heavy atom. The van der Waals surface area contributed by atoms with Gasteiger partial charge in [-0.25, -0.2) is 9.97 Å². The van der Waals surface area contributed by atoms with Crippen LogP contribution in [0, 0.1) is 5.92 Å². The summed E-state index contributed by atoms with van der Waals surface area (Å²) in [4.78, 5) is 23.2. The summed E-state index contributed by atoms with van der Waals surface area (Å²) >= 11 is 7.47. The second kappa shape index (κ2) is 9.28. The summed E-state index contributed by atoms with van der Waals surface area (Å²) in [7, 11) is 1.55. The number of thioether (sulfide) groups is 1. The van der Waals surface area contributed by atoms with E-state index in [2.05, 4.69) is 27.1 Å². The second-order valence-electron chi connectivity index (χ2n) is 6.57. The lowest BCUT2D eigenvalue weighted by Gasteiger charge is -2.31. The normalized spacial score (nSPS) is 14.9. The number of ether oxygens (including phenoxy) is 1. The number of nitrogens with zero attached hydrogens (tertiary/aromatic N) is 3. The molecule has 144 valence electrons. The zero-order valence-electron chi connectivity index (χ0n) is 15.4. The van der Waals surface area contributed by atoms with Crippen molar-refractivity contribution in [3.05, 3.63) is 35.6 Å². The van der Waals surface area contributed by atoms with Crippen molar-refractivity contribution >= 4 is 40.8 Å². The van der Waals surface area contributed by atoms with Gasteiger partial charge >= 0.3 is 0 Å². The van der Waals surface area contributed by atoms with Crippen molar-refractivity contribution in [2.45, 2.75) is 24.8 Å². The number of hydrogen-bond acceptors (Lipinski definition) is 6. The molecule has 0 radical (unpaired) electrons. The summed E-state index contributed by atoms with van der Waals surface area (Å²) in [6, 6.07) is 7.11. The lowest BCUT2D eigenvalue weighted by atomic mass is 9.99. The van der Waals surface area contributed by atoms with E-state index in [0.717, 1.165) is 29.9 Å². The van der Waals surface area contributed by atoms with E-state index < -0.39 is 0 Å². The van der Waals surface area contributed by atoms with Crippen LogP contribution in [0.4, 0.5) is 11.5 Å². The highest BCUT2D eigenvalue weighted by atomic mass is 35.5. The molecule has 0 aliphatic carbocycles. The molecule has 27 heavy (non-hydrogen) atoms. The number of aromatic nitrogens is 2. The van der Waals surface area contributed by atoms with Crippen molar-refractivity contribution in [2.24, 2.45) is 5.92 Å². The van der Waals surface area contributed by atoms with E-state index >= 15 is 0 Å². The molecule has 1 amide bonds. The van der Waals surface area contributed by atoms with E-state index in [-0.39, 0.29) is 11.7 Å². The van der Waals surface area contributed by atoms with Crippen molar-refractivity contribution in [1.29, 1.82) is 0 Å². The van der Waals surface area contributed by atoms with Gasteiger partial charge in [0.15, 0.2) is 0 Å². The molecule has 1 fully saturated rings. The summed E-state index contributed by atoms with van der Waals surface area (Å²) in [6.45, 7) is 4.31. The second-order valence-corrected chi connectivity index (χ2v) is 7.97. The highest BCUT2D eigenvalue weighted by molar-refractivity contribution is 7.99. The largest absolute Gasteiger partial charge is 0.495 e. The summed E-state index contributed by atoms with van der Waals surface area (Å²) in [5.41, 5.74) is 0.636. The minimum Gasteiger partial charge on any atom is -0.495 e. The first-order valence-corrected chi connectivity index (χ1v) is 10.2. The zero-order chi connectivity index (χ0) is 19.2. The predicted octanol–water partition coefficient (Wildman–Crippen LogP) is 4.11. The quantitative estimate of drug-likeness (QED) is 0.575. The molecule has 0 unspecified atom stereocenters. The summed E-state index contributed by atoms with van der Waals surface area (Å²) < 4.78 is 5.11. The van der Waals surface area contributed by atoms with Crippen LogP contribution < -0.4 is 15.0 Å². The van der Waals surface area contributed by atoms with Crippen LogP contribution in [-0.2, 0) is 4.79 Å². The highest BCUT2D eigenvalue weighted by Crippen LogP contribution is 2.28. The minimum atomic E-state index is -0.117. The Bertz CT molecular complexity index is 797. The van der Waals surface area contributed by atoms with Gasteiger partial charge in [-0.1, -0.05) is 30.3 Å². The maximum Gasteiger partial charge on any atom is 0.234 e. The van der Waals surface area contributed by atoms with Gasteiger partial charge in [-0.2, -0.15) is 0 Å². The van der Waals surface area contributed by atoms with Crippen LogP contribution in [0.15, 0.2) is 35.6 Å². The number of carbonyl (C=O) groups is 1. The van der Waals surface area contributed by atoms with Gasteiger partial charge in [0.25, 0.3) is 0 Å². The van der Waals surface area contributed by atoms with Crippen LogP contribution >= 0.6 is 23.4 Å². The van der Waals surface area contributed by atoms with E-state index in [1.165, 1.54) is 24.6 Å². The SMILES string of the molecule is COc1ccc(NC(=O)CSc2cc(N3CCC(C)CC3)ncn2)cc1Cl. The Hall–Kier alpha value is -1.99. The maximum atomic E-state index is 12.2. The molecule has 1 aliphatic rings. The standard InChI is InChI=1S/C19H23ClN4O2S/c1-13-5-7-24(8-6-13)17-10-19(22-12-21-17)27-11-18(25)23-14-3-4-16(26-2)15(20)9-14/h3-4,9-10,12-13H,5-8,11H2,1-2H3,(H,23,25). The lowest BCUT2D eigenvalue weighted by molar-refractivity contribution is -0.113. The molecule has 3 rings (SSSR count). The third-order valence-electron chi connectivity index (χ3n) is 4.52. The van der Waals surface area contributed by atoms with E-state index in [1.54, 1.807) is 31.6 Å². The number of benzene rings is 1. The number of piperidine rings is 1. The smallest absolute Gasteiger partial charge is 0.234 e. The van der Waals surface area contributed by atoms with Gasteiger partial charge in [0.1, 0.15) is 22.9 Å². The van der Waals surface area contributed by atoms with Gasteiger partial charge in [0.2, 0.25) is 5.91 Å². The number of nitrogens with one attached hydrogen (secondary N) is 1. The van der Waals surface area contributed by atoms with Gasteiger partial charge in [-0.15, -0.1) is 0 Å².